The molecule has 1 N–H and O–H groups in total. The lowest BCUT2D eigenvalue weighted by Crippen LogP contribution is -2.39. The maximum absolute atomic E-state index is 12.2. The lowest BCUT2D eigenvalue weighted by Gasteiger charge is -2.26. The molecule has 4 nitrogen and oxygen atoms in total. The average Bonchev–Trinajstić information content (AvgIpc) is 2.42. The Labute approximate surface area is 126 Å². The molecule has 1 aromatic carbocycles. The van der Waals surface area contributed by atoms with Crippen molar-refractivity contribution in [2.24, 2.45) is 0 Å². The third-order valence-electron chi connectivity index (χ3n) is 3.31. The van der Waals surface area contributed by atoms with Crippen LogP contribution in [0.1, 0.15) is 19.4 Å². The second-order valence-corrected chi connectivity index (χ2v) is 5.16. The Morgan fingerprint density at radius 1 is 1.30 bits per heavy atom. The summed E-state index contributed by atoms with van der Waals surface area (Å²) in [5.74, 6) is 0.132. The summed E-state index contributed by atoms with van der Waals surface area (Å²) < 4.78 is 0. The lowest BCUT2D eigenvalue weighted by atomic mass is 10.1. The molecule has 0 saturated heterocycles. The molecule has 1 amide bonds. The summed E-state index contributed by atoms with van der Waals surface area (Å²) in [5, 5.41) is 3.81. The van der Waals surface area contributed by atoms with Crippen LogP contribution >= 0.6 is 11.6 Å². The maximum Gasteiger partial charge on any atom is 0.242 e. The first-order valence-electron chi connectivity index (χ1n) is 6.95. The van der Waals surface area contributed by atoms with Crippen LogP contribution in [0.3, 0.4) is 0 Å². The Morgan fingerprint density at radius 2 is 1.95 bits per heavy atom. The third-order valence-corrected chi connectivity index (χ3v) is 3.55. The van der Waals surface area contributed by atoms with Gasteiger partial charge in [-0.25, -0.2) is 0 Å². The van der Waals surface area contributed by atoms with Gasteiger partial charge in [0.05, 0.1) is 6.54 Å². The molecule has 0 aliphatic carbocycles. The van der Waals surface area contributed by atoms with Crippen LogP contribution in [0.2, 0.25) is 5.02 Å². The van der Waals surface area contributed by atoms with E-state index in [0.717, 1.165) is 30.9 Å². The van der Waals surface area contributed by atoms with E-state index >= 15 is 0 Å². The Kier molecular flexibility index (Phi) is 6.82. The summed E-state index contributed by atoms with van der Waals surface area (Å²) in [7, 11) is 3.83. The van der Waals surface area contributed by atoms with Crippen LogP contribution in [0.15, 0.2) is 18.2 Å². The summed E-state index contributed by atoms with van der Waals surface area (Å²) in [6.07, 6.45) is 0. The van der Waals surface area contributed by atoms with Crippen LogP contribution in [-0.4, -0.2) is 44.5 Å². The number of halogens is 1. The number of amides is 1. The molecule has 1 aromatic rings. The minimum Gasteiger partial charge on any atom is -0.365 e. The third kappa shape index (κ3) is 4.39. The van der Waals surface area contributed by atoms with E-state index in [1.54, 1.807) is 0 Å². The van der Waals surface area contributed by atoms with Crippen LogP contribution in [0.4, 0.5) is 5.69 Å². The van der Waals surface area contributed by atoms with E-state index in [-0.39, 0.29) is 5.91 Å². The number of nitrogens with one attached hydrogen (secondary N) is 1. The van der Waals surface area contributed by atoms with Gasteiger partial charge < -0.3 is 15.1 Å². The largest absolute Gasteiger partial charge is 0.365 e. The predicted molar refractivity (Wildman–Crippen MR) is 85.4 cm³/mol. The number of rotatable bonds is 7. The van der Waals surface area contributed by atoms with Gasteiger partial charge in [0, 0.05) is 37.4 Å². The molecule has 1 rings (SSSR count). The zero-order valence-electron chi connectivity index (χ0n) is 12.7. The quantitative estimate of drug-likeness (QED) is 0.839. The van der Waals surface area contributed by atoms with Gasteiger partial charge >= 0.3 is 0 Å². The number of carbonyl (C=O) groups is 1. The summed E-state index contributed by atoms with van der Waals surface area (Å²) in [6, 6.07) is 5.77. The monoisotopic (exact) mass is 297 g/mol. The molecular weight excluding hydrogens is 274 g/mol. The first kappa shape index (κ1) is 16.8. The van der Waals surface area contributed by atoms with Crippen LogP contribution in [0.5, 0.6) is 0 Å². The fourth-order valence-electron chi connectivity index (χ4n) is 2.20. The van der Waals surface area contributed by atoms with Crippen molar-refractivity contribution in [3.63, 3.8) is 0 Å². The average molecular weight is 298 g/mol. The Hall–Kier alpha value is -1.26. The van der Waals surface area contributed by atoms with E-state index < -0.39 is 0 Å². The Morgan fingerprint density at radius 3 is 2.50 bits per heavy atom. The summed E-state index contributed by atoms with van der Waals surface area (Å²) in [5.41, 5.74) is 2.12. The van der Waals surface area contributed by atoms with Crippen LogP contribution in [0.25, 0.3) is 0 Å². The number of anilines is 1. The minimum atomic E-state index is 0.132. The highest BCUT2D eigenvalue weighted by molar-refractivity contribution is 6.30. The Balaban J connectivity index is 2.88. The molecule has 0 spiro atoms. The van der Waals surface area contributed by atoms with E-state index in [1.807, 2.05) is 55.9 Å². The van der Waals surface area contributed by atoms with Gasteiger partial charge in [0.1, 0.15) is 0 Å². The van der Waals surface area contributed by atoms with Crippen molar-refractivity contribution in [2.45, 2.75) is 20.4 Å². The van der Waals surface area contributed by atoms with Crippen molar-refractivity contribution in [3.8, 4) is 0 Å². The number of likely N-dealkylation sites (N-methyl/N-ethyl adjacent to an activating group) is 2. The topological polar surface area (TPSA) is 35.6 Å². The standard InChI is InChI=1S/C15H24ClN3O/c1-5-19(6-2)15(20)11-18(4)14-9-13(16)8-7-12(14)10-17-3/h7-9,17H,5-6,10-11H2,1-4H3. The highest BCUT2D eigenvalue weighted by Gasteiger charge is 2.15. The molecule has 0 unspecified atom stereocenters. The Bertz CT molecular complexity index is 447. The first-order valence-corrected chi connectivity index (χ1v) is 7.33. The normalized spacial score (nSPS) is 10.4. The molecule has 0 fully saturated rings. The molecular formula is C15H24ClN3O. The zero-order chi connectivity index (χ0) is 15.1. The second kappa shape index (κ2) is 8.12. The molecule has 112 valence electrons. The van der Waals surface area contributed by atoms with Gasteiger partial charge in [0.15, 0.2) is 0 Å². The molecule has 0 aliphatic heterocycles. The van der Waals surface area contributed by atoms with Crippen molar-refractivity contribution in [1.29, 1.82) is 0 Å². The smallest absolute Gasteiger partial charge is 0.242 e. The van der Waals surface area contributed by atoms with E-state index in [1.165, 1.54) is 0 Å². The van der Waals surface area contributed by atoms with Gasteiger partial charge in [0.2, 0.25) is 5.91 Å². The van der Waals surface area contributed by atoms with Crippen LogP contribution in [-0.2, 0) is 11.3 Å². The number of hydrogen-bond donors (Lipinski definition) is 1. The van der Waals surface area contributed by atoms with Crippen molar-refractivity contribution in [3.05, 3.63) is 28.8 Å². The van der Waals surface area contributed by atoms with E-state index in [9.17, 15) is 4.79 Å². The molecule has 5 heteroatoms. The molecule has 0 atom stereocenters. The zero-order valence-corrected chi connectivity index (χ0v) is 13.5. The SMILES string of the molecule is CCN(CC)C(=O)CN(C)c1cc(Cl)ccc1CNC. The van der Waals surface area contributed by atoms with Gasteiger partial charge in [-0.05, 0) is 38.6 Å². The van der Waals surface area contributed by atoms with Crippen LogP contribution < -0.4 is 10.2 Å². The minimum absolute atomic E-state index is 0.132. The fourth-order valence-corrected chi connectivity index (χ4v) is 2.36. The molecule has 0 aromatic heterocycles. The number of nitrogens with zero attached hydrogens (tertiary/aromatic N) is 2. The van der Waals surface area contributed by atoms with Crippen molar-refractivity contribution in [2.75, 3.05) is 38.6 Å². The highest BCUT2D eigenvalue weighted by atomic mass is 35.5. The van der Waals surface area contributed by atoms with Crippen molar-refractivity contribution < 1.29 is 4.79 Å². The van der Waals surface area contributed by atoms with Crippen molar-refractivity contribution in [1.82, 2.24) is 10.2 Å². The molecule has 0 radical (unpaired) electrons. The highest BCUT2D eigenvalue weighted by Crippen LogP contribution is 2.24. The fraction of sp³-hybridized carbons (Fsp3) is 0.533. The number of carbonyl (C=O) groups excluding carboxylic acids is 1. The van der Waals surface area contributed by atoms with Gasteiger partial charge in [0.25, 0.3) is 0 Å². The first-order chi connectivity index (χ1) is 9.53. The van der Waals surface area contributed by atoms with E-state index in [2.05, 4.69) is 5.32 Å². The molecule has 20 heavy (non-hydrogen) atoms. The van der Waals surface area contributed by atoms with Crippen LogP contribution in [0, 0.1) is 0 Å². The summed E-state index contributed by atoms with van der Waals surface area (Å²) >= 11 is 6.07. The van der Waals surface area contributed by atoms with Crippen molar-refractivity contribution >= 4 is 23.2 Å². The molecule has 0 aliphatic rings. The van der Waals surface area contributed by atoms with Gasteiger partial charge in [-0.15, -0.1) is 0 Å². The summed E-state index contributed by atoms with van der Waals surface area (Å²) in [6.45, 7) is 6.57. The predicted octanol–water partition coefficient (Wildman–Crippen LogP) is 2.36. The van der Waals surface area contributed by atoms with Gasteiger partial charge in [-0.1, -0.05) is 17.7 Å². The molecule has 0 saturated carbocycles. The lowest BCUT2D eigenvalue weighted by molar-refractivity contribution is -0.129. The maximum atomic E-state index is 12.2. The molecule has 0 bridgehead atoms. The van der Waals surface area contributed by atoms with Gasteiger partial charge in [-0.3, -0.25) is 4.79 Å². The van der Waals surface area contributed by atoms with E-state index in [4.69, 9.17) is 11.6 Å². The molecule has 0 heterocycles. The summed E-state index contributed by atoms with van der Waals surface area (Å²) in [4.78, 5) is 16.0. The van der Waals surface area contributed by atoms with E-state index in [0.29, 0.717) is 11.6 Å². The van der Waals surface area contributed by atoms with Gasteiger partial charge in [-0.2, -0.15) is 0 Å². The second-order valence-electron chi connectivity index (χ2n) is 4.73. The number of benzene rings is 1. The number of hydrogen-bond acceptors (Lipinski definition) is 3.